The Hall–Kier alpha value is -2.34. The normalized spacial score (nSPS) is 32.2. The number of methoxy groups -OCH3 is 1. The smallest absolute Gasteiger partial charge is 0.290 e. The van der Waals surface area contributed by atoms with Crippen LogP contribution in [-0.2, 0) is 19.1 Å². The lowest BCUT2D eigenvalue weighted by Crippen LogP contribution is -2.45. The van der Waals surface area contributed by atoms with Crippen molar-refractivity contribution in [3.63, 3.8) is 0 Å². The van der Waals surface area contributed by atoms with E-state index in [-0.39, 0.29) is 41.1 Å². The maximum atomic E-state index is 13.6. The summed E-state index contributed by atoms with van der Waals surface area (Å²) in [6.07, 6.45) is 1.54. The summed E-state index contributed by atoms with van der Waals surface area (Å²) >= 11 is 0. The van der Waals surface area contributed by atoms with Crippen molar-refractivity contribution < 1.29 is 24.2 Å². The van der Waals surface area contributed by atoms with Gasteiger partial charge in [0.15, 0.2) is 11.5 Å². The van der Waals surface area contributed by atoms with Gasteiger partial charge in [0.05, 0.1) is 24.1 Å². The van der Waals surface area contributed by atoms with E-state index in [0.29, 0.717) is 30.2 Å². The summed E-state index contributed by atoms with van der Waals surface area (Å²) in [6, 6.07) is 6.20. The Kier molecular flexibility index (Phi) is 4.91. The molecule has 1 aliphatic carbocycles. The van der Waals surface area contributed by atoms with E-state index >= 15 is 0 Å². The van der Waals surface area contributed by atoms with Crippen molar-refractivity contribution in [1.82, 2.24) is 4.90 Å². The Bertz CT molecular complexity index is 832. The quantitative estimate of drug-likeness (QED) is 0.863. The number of fused-ring (bicyclic) bond motifs is 1. The van der Waals surface area contributed by atoms with Crippen LogP contribution >= 0.6 is 0 Å². The molecule has 5 atom stereocenters. The van der Waals surface area contributed by atoms with Crippen molar-refractivity contribution in [2.75, 3.05) is 20.3 Å². The van der Waals surface area contributed by atoms with Gasteiger partial charge in [-0.15, -0.1) is 0 Å². The lowest BCUT2D eigenvalue weighted by atomic mass is 9.70. The average Bonchev–Trinajstić information content (AvgIpc) is 2.93. The van der Waals surface area contributed by atoms with Crippen LogP contribution in [0.3, 0.4) is 0 Å². The van der Waals surface area contributed by atoms with Crippen molar-refractivity contribution in [3.8, 4) is 5.75 Å². The van der Waals surface area contributed by atoms with Gasteiger partial charge < -0.3 is 19.5 Å². The second kappa shape index (κ2) is 7.24. The molecule has 1 fully saturated rings. The first-order valence-electron chi connectivity index (χ1n) is 9.96. The van der Waals surface area contributed by atoms with E-state index in [2.05, 4.69) is 13.8 Å². The molecular formula is C22H27NO5. The summed E-state index contributed by atoms with van der Waals surface area (Å²) < 4.78 is 11.4. The van der Waals surface area contributed by atoms with Crippen LogP contribution in [0.2, 0.25) is 0 Å². The molecule has 0 spiro atoms. The van der Waals surface area contributed by atoms with Gasteiger partial charge in [-0.25, -0.2) is 0 Å². The summed E-state index contributed by atoms with van der Waals surface area (Å²) in [7, 11) is 1.58. The predicted octanol–water partition coefficient (Wildman–Crippen LogP) is 2.83. The second-order valence-electron chi connectivity index (χ2n) is 8.34. The monoisotopic (exact) mass is 385 g/mol. The molecular weight excluding hydrogens is 358 g/mol. The minimum atomic E-state index is -0.550. The van der Waals surface area contributed by atoms with E-state index in [1.54, 1.807) is 30.2 Å². The van der Waals surface area contributed by atoms with Crippen LogP contribution in [0.25, 0.3) is 0 Å². The molecule has 3 aliphatic rings. The molecule has 1 saturated carbocycles. The molecule has 150 valence electrons. The van der Waals surface area contributed by atoms with Crippen LogP contribution < -0.4 is 0 Å². The van der Waals surface area contributed by atoms with Gasteiger partial charge in [-0.2, -0.15) is 0 Å². The summed E-state index contributed by atoms with van der Waals surface area (Å²) in [4.78, 5) is 28.4. The molecule has 2 aliphatic heterocycles. The van der Waals surface area contributed by atoms with E-state index in [1.807, 2.05) is 6.07 Å². The predicted molar refractivity (Wildman–Crippen MR) is 102 cm³/mol. The number of aromatic hydroxyl groups is 1. The molecule has 6 nitrogen and oxygen atoms in total. The highest BCUT2D eigenvalue weighted by Gasteiger charge is 2.53. The van der Waals surface area contributed by atoms with Gasteiger partial charge in [-0.3, -0.25) is 9.59 Å². The third kappa shape index (κ3) is 3.00. The highest BCUT2D eigenvalue weighted by molar-refractivity contribution is 6.11. The van der Waals surface area contributed by atoms with Crippen LogP contribution in [0, 0.1) is 17.8 Å². The standard InChI is InChI=1S/C22H27NO5/c1-12-9-13(2)20-16(10-12)19(25)17-18(14-5-4-6-15(24)11-14)23(7-8-27-3)22(26)21(17)28-20/h4-6,11-13,16,18,20,24H,7-10H2,1-3H3. The third-order valence-electron chi connectivity index (χ3n) is 6.25. The summed E-state index contributed by atoms with van der Waals surface area (Å²) in [6.45, 7) is 4.97. The lowest BCUT2D eigenvalue weighted by Gasteiger charge is -2.41. The van der Waals surface area contributed by atoms with E-state index in [9.17, 15) is 14.7 Å². The van der Waals surface area contributed by atoms with Crippen molar-refractivity contribution in [3.05, 3.63) is 41.2 Å². The summed E-state index contributed by atoms with van der Waals surface area (Å²) in [5.41, 5.74) is 1.15. The van der Waals surface area contributed by atoms with E-state index in [1.165, 1.54) is 0 Å². The third-order valence-corrected chi connectivity index (χ3v) is 6.25. The fourth-order valence-corrected chi connectivity index (χ4v) is 5.08. The minimum Gasteiger partial charge on any atom is -0.508 e. The molecule has 28 heavy (non-hydrogen) atoms. The van der Waals surface area contributed by atoms with Crippen LogP contribution in [0.4, 0.5) is 0 Å². The van der Waals surface area contributed by atoms with Gasteiger partial charge >= 0.3 is 0 Å². The summed E-state index contributed by atoms with van der Waals surface area (Å²) in [5, 5.41) is 9.96. The van der Waals surface area contributed by atoms with E-state index < -0.39 is 6.04 Å². The number of ketones is 1. The van der Waals surface area contributed by atoms with Gasteiger partial charge in [0.25, 0.3) is 5.91 Å². The number of Topliss-reactive ketones (excluding diaryl/α,β-unsaturated/α-hetero) is 1. The Labute approximate surface area is 165 Å². The van der Waals surface area contributed by atoms with Crippen LogP contribution in [-0.4, -0.2) is 48.1 Å². The Morgan fingerprint density at radius 2 is 2.04 bits per heavy atom. The molecule has 0 bridgehead atoms. The lowest BCUT2D eigenvalue weighted by molar-refractivity contribution is -0.139. The number of carbonyl (C=O) groups excluding carboxylic acids is 2. The molecule has 2 heterocycles. The van der Waals surface area contributed by atoms with Crippen LogP contribution in [0.5, 0.6) is 5.75 Å². The number of phenolic OH excluding ortho intramolecular Hbond substituents is 1. The number of rotatable bonds is 4. The molecule has 5 unspecified atom stereocenters. The first kappa shape index (κ1) is 19.0. The first-order valence-corrected chi connectivity index (χ1v) is 9.96. The molecule has 6 heteroatoms. The van der Waals surface area contributed by atoms with Gasteiger partial charge in [-0.1, -0.05) is 26.0 Å². The Balaban J connectivity index is 1.78. The fraction of sp³-hybridized carbons (Fsp3) is 0.545. The summed E-state index contributed by atoms with van der Waals surface area (Å²) in [5.74, 6) is 0.514. The molecule has 4 rings (SSSR count). The van der Waals surface area contributed by atoms with Crippen molar-refractivity contribution in [2.45, 2.75) is 38.8 Å². The topological polar surface area (TPSA) is 76.1 Å². The van der Waals surface area contributed by atoms with Gasteiger partial charge in [0.1, 0.15) is 11.9 Å². The zero-order valence-electron chi connectivity index (χ0n) is 16.6. The maximum absolute atomic E-state index is 13.6. The number of benzene rings is 1. The molecule has 1 aromatic carbocycles. The SMILES string of the molecule is COCCN1C(=O)C2=C(C(=O)C3CC(C)CC(C)C3O2)C1c1cccc(O)c1. The van der Waals surface area contributed by atoms with Gasteiger partial charge in [0, 0.05) is 13.7 Å². The first-order chi connectivity index (χ1) is 13.4. The van der Waals surface area contributed by atoms with Gasteiger partial charge in [0.2, 0.25) is 0 Å². The zero-order valence-corrected chi connectivity index (χ0v) is 16.6. The average molecular weight is 385 g/mol. The molecule has 0 radical (unpaired) electrons. The number of amides is 1. The second-order valence-corrected chi connectivity index (χ2v) is 8.34. The Morgan fingerprint density at radius 3 is 2.75 bits per heavy atom. The number of carbonyl (C=O) groups is 2. The molecule has 1 N–H and O–H groups in total. The molecule has 0 aromatic heterocycles. The fourth-order valence-electron chi connectivity index (χ4n) is 5.08. The largest absolute Gasteiger partial charge is 0.508 e. The number of phenols is 1. The molecule has 1 amide bonds. The zero-order chi connectivity index (χ0) is 20.0. The molecule has 0 saturated heterocycles. The number of nitrogens with zero attached hydrogens (tertiary/aromatic N) is 1. The van der Waals surface area contributed by atoms with Crippen LogP contribution in [0.1, 0.15) is 38.3 Å². The van der Waals surface area contributed by atoms with Crippen molar-refractivity contribution in [2.24, 2.45) is 17.8 Å². The van der Waals surface area contributed by atoms with E-state index in [4.69, 9.17) is 9.47 Å². The number of hydrogen-bond acceptors (Lipinski definition) is 5. The van der Waals surface area contributed by atoms with E-state index in [0.717, 1.165) is 12.8 Å². The Morgan fingerprint density at radius 1 is 1.25 bits per heavy atom. The highest BCUT2D eigenvalue weighted by Crippen LogP contribution is 2.48. The number of ether oxygens (including phenoxy) is 2. The van der Waals surface area contributed by atoms with Gasteiger partial charge in [-0.05, 0) is 42.4 Å². The van der Waals surface area contributed by atoms with Crippen LogP contribution in [0.15, 0.2) is 35.6 Å². The highest BCUT2D eigenvalue weighted by atomic mass is 16.5. The maximum Gasteiger partial charge on any atom is 0.290 e. The number of hydrogen-bond donors (Lipinski definition) is 1. The van der Waals surface area contributed by atoms with Crippen molar-refractivity contribution >= 4 is 11.7 Å². The minimum absolute atomic E-state index is 0.0197. The molecule has 1 aromatic rings. The van der Waals surface area contributed by atoms with Crippen molar-refractivity contribution in [1.29, 1.82) is 0 Å².